The van der Waals surface area contributed by atoms with Crippen molar-refractivity contribution in [2.24, 2.45) is 10.1 Å². The smallest absolute Gasteiger partial charge is 0.267 e. The quantitative estimate of drug-likeness (QED) is 0.0842. The fourth-order valence-electron chi connectivity index (χ4n) is 4.09. The van der Waals surface area contributed by atoms with Crippen LogP contribution in [-0.4, -0.2) is 49.3 Å². The zero-order chi connectivity index (χ0) is 28.0. The lowest BCUT2D eigenvalue weighted by atomic mass is 10.0. The van der Waals surface area contributed by atoms with Crippen molar-refractivity contribution in [1.82, 2.24) is 14.5 Å². The lowest BCUT2D eigenvalue weighted by molar-refractivity contribution is 0.337. The van der Waals surface area contributed by atoms with Gasteiger partial charge in [-0.3, -0.25) is 4.79 Å². The third-order valence-electron chi connectivity index (χ3n) is 6.22. The molecule has 1 atom stereocenters. The van der Waals surface area contributed by atoms with E-state index in [1.54, 1.807) is 18.3 Å². The summed E-state index contributed by atoms with van der Waals surface area (Å²) in [4.78, 5) is 26.9. The molecule has 0 saturated carbocycles. The number of benzene rings is 2. The fourth-order valence-corrected chi connectivity index (χ4v) is 4.82. The molecule has 0 fully saturated rings. The number of pyridine rings is 1. The van der Waals surface area contributed by atoms with Crippen LogP contribution in [0.3, 0.4) is 0 Å². The highest BCUT2D eigenvalue weighted by Crippen LogP contribution is 2.32. The Balaban J connectivity index is 1.72. The average molecular weight is 544 g/mol. The van der Waals surface area contributed by atoms with E-state index in [1.165, 1.54) is 18.1 Å². The van der Waals surface area contributed by atoms with Gasteiger partial charge in [0.1, 0.15) is 6.04 Å². The van der Waals surface area contributed by atoms with E-state index >= 15 is 0 Å². The second-order valence-electron chi connectivity index (χ2n) is 10.3. The standard InChI is InChI=1S/C28H33N7O3Si/c1-37-26-22(25(17-33-30)32-18-38-12-13-39(2,3)4)15-20(16-31-26)19-10-11-24-23(14-19)27(36)35(28(29)34-24)21-8-6-5-7-9-21/h5-11,14-16,18,25,30H,12-13,17H2,1-4H3,(H2,29,34). The molecule has 1 unspecified atom stereocenters. The minimum Gasteiger partial charge on any atom is -0.484 e. The van der Waals surface area contributed by atoms with Crippen LogP contribution >= 0.6 is 0 Å². The summed E-state index contributed by atoms with van der Waals surface area (Å²) in [5.41, 5.74) is 16.6. The van der Waals surface area contributed by atoms with E-state index in [-0.39, 0.29) is 18.1 Å². The molecule has 0 radical (unpaired) electrons. The number of aliphatic imine (C=N–C) groups is 1. The van der Waals surface area contributed by atoms with E-state index in [9.17, 15) is 4.79 Å². The number of anilines is 1. The number of fused-ring (bicyclic) bond motifs is 1. The summed E-state index contributed by atoms with van der Waals surface area (Å²) in [5.74, 6) is 0.500. The van der Waals surface area contributed by atoms with Crippen LogP contribution in [-0.2, 0) is 4.74 Å². The molecule has 0 aliphatic heterocycles. The Morgan fingerprint density at radius 3 is 2.59 bits per heavy atom. The van der Waals surface area contributed by atoms with Crippen molar-refractivity contribution in [2.45, 2.75) is 31.7 Å². The number of hydrogen-bond donors (Lipinski definition) is 2. The minimum atomic E-state index is -1.22. The van der Waals surface area contributed by atoms with E-state index < -0.39 is 14.1 Å². The average Bonchev–Trinajstić information content (AvgIpc) is 2.92. The molecule has 10 nitrogen and oxygen atoms in total. The normalized spacial score (nSPS) is 12.5. The summed E-state index contributed by atoms with van der Waals surface area (Å²) in [6.45, 7) is 7.55. The number of aromatic nitrogens is 3. The monoisotopic (exact) mass is 543 g/mol. The minimum absolute atomic E-state index is 0.109. The molecule has 3 N–H and O–H groups in total. The predicted octanol–water partition coefficient (Wildman–Crippen LogP) is 5.49. The molecule has 0 spiro atoms. The van der Waals surface area contributed by atoms with Gasteiger partial charge in [0.25, 0.3) is 5.56 Å². The van der Waals surface area contributed by atoms with Crippen LogP contribution in [0.1, 0.15) is 11.6 Å². The molecule has 11 heteroatoms. The van der Waals surface area contributed by atoms with Gasteiger partial charge in [0, 0.05) is 25.4 Å². The first-order valence-electron chi connectivity index (χ1n) is 12.6. The van der Waals surface area contributed by atoms with Gasteiger partial charge in [-0.25, -0.2) is 25.1 Å². The van der Waals surface area contributed by atoms with Gasteiger partial charge in [-0.1, -0.05) is 43.9 Å². The van der Waals surface area contributed by atoms with Crippen molar-refractivity contribution in [3.63, 3.8) is 0 Å². The molecule has 0 saturated heterocycles. The van der Waals surface area contributed by atoms with Crippen molar-refractivity contribution >= 4 is 31.3 Å². The van der Waals surface area contributed by atoms with E-state index in [4.69, 9.17) is 20.7 Å². The summed E-state index contributed by atoms with van der Waals surface area (Å²) in [6, 6.07) is 17.0. The third-order valence-corrected chi connectivity index (χ3v) is 7.93. The molecule has 2 aromatic heterocycles. The Labute approximate surface area is 228 Å². The maximum absolute atomic E-state index is 13.5. The summed E-state index contributed by atoms with van der Waals surface area (Å²) in [7, 11) is 0.311. The van der Waals surface area contributed by atoms with Gasteiger partial charge in [-0.05, 0) is 41.9 Å². The van der Waals surface area contributed by atoms with Crippen LogP contribution in [0.2, 0.25) is 25.7 Å². The maximum Gasteiger partial charge on any atom is 0.267 e. The summed E-state index contributed by atoms with van der Waals surface area (Å²) >= 11 is 0. The molecule has 2 heterocycles. The SMILES string of the molecule is COc1ncc(-c2ccc3nc(N)n(-c4ccccc4)c(=O)c3c2)cc1C(CN=N)N=COCC[Si](C)(C)C. The second kappa shape index (κ2) is 12.0. The molecular weight excluding hydrogens is 510 g/mol. The van der Waals surface area contributed by atoms with E-state index in [1.807, 2.05) is 42.5 Å². The second-order valence-corrected chi connectivity index (χ2v) is 15.9. The van der Waals surface area contributed by atoms with Crippen molar-refractivity contribution < 1.29 is 9.47 Å². The van der Waals surface area contributed by atoms with Crippen molar-refractivity contribution in [2.75, 3.05) is 26.0 Å². The number of methoxy groups -OCH3 is 1. The van der Waals surface area contributed by atoms with Gasteiger partial charge in [-0.2, -0.15) is 5.11 Å². The third kappa shape index (κ3) is 6.55. The highest BCUT2D eigenvalue weighted by atomic mass is 28.3. The molecule has 4 rings (SSSR count). The van der Waals surface area contributed by atoms with E-state index in [2.05, 4.69) is 39.7 Å². The van der Waals surface area contributed by atoms with Gasteiger partial charge in [0.05, 0.1) is 36.9 Å². The number of nitrogens with zero attached hydrogens (tertiary/aromatic N) is 5. The number of nitrogen functional groups attached to an aromatic ring is 1. The predicted molar refractivity (Wildman–Crippen MR) is 157 cm³/mol. The van der Waals surface area contributed by atoms with Crippen molar-refractivity contribution in [3.8, 4) is 22.7 Å². The molecule has 39 heavy (non-hydrogen) atoms. The highest BCUT2D eigenvalue weighted by molar-refractivity contribution is 6.76. The van der Waals surface area contributed by atoms with Crippen LogP contribution < -0.4 is 16.0 Å². The Hall–Kier alpha value is -4.38. The fraction of sp³-hybridized carbons (Fsp3) is 0.286. The molecule has 4 aromatic rings. The number of hydrogen-bond acceptors (Lipinski definition) is 9. The van der Waals surface area contributed by atoms with E-state index in [0.717, 1.165) is 17.2 Å². The number of nitrogens with one attached hydrogen (secondary N) is 1. The first-order valence-corrected chi connectivity index (χ1v) is 16.3. The topological polar surface area (TPSA) is 141 Å². The first-order chi connectivity index (χ1) is 18.7. The van der Waals surface area contributed by atoms with Crippen molar-refractivity contribution in [1.29, 1.82) is 5.53 Å². The lowest BCUT2D eigenvalue weighted by Gasteiger charge is -2.16. The first kappa shape index (κ1) is 27.6. The number of ether oxygens (including phenoxy) is 2. The number of nitrogens with two attached hydrogens (primary N) is 1. The largest absolute Gasteiger partial charge is 0.484 e. The highest BCUT2D eigenvalue weighted by Gasteiger charge is 2.19. The van der Waals surface area contributed by atoms with Crippen LogP contribution in [0, 0.1) is 5.53 Å². The lowest BCUT2D eigenvalue weighted by Crippen LogP contribution is -2.23. The van der Waals surface area contributed by atoms with Crippen LogP contribution in [0.4, 0.5) is 5.95 Å². The van der Waals surface area contributed by atoms with Gasteiger partial charge in [0.15, 0.2) is 6.40 Å². The van der Waals surface area contributed by atoms with Crippen LogP contribution in [0.5, 0.6) is 5.88 Å². The van der Waals surface area contributed by atoms with Gasteiger partial charge in [0.2, 0.25) is 11.8 Å². The zero-order valence-electron chi connectivity index (χ0n) is 22.6. The summed E-state index contributed by atoms with van der Waals surface area (Å²) in [5, 5.41) is 3.99. The van der Waals surface area contributed by atoms with Crippen LogP contribution in [0.25, 0.3) is 27.7 Å². The van der Waals surface area contributed by atoms with E-state index in [0.29, 0.717) is 34.6 Å². The molecule has 2 aromatic carbocycles. The Morgan fingerprint density at radius 1 is 1.13 bits per heavy atom. The Bertz CT molecular complexity index is 1550. The molecule has 0 aliphatic carbocycles. The number of para-hydroxylation sites is 1. The molecule has 0 amide bonds. The number of rotatable bonds is 11. The summed E-state index contributed by atoms with van der Waals surface area (Å²) in [6.07, 6.45) is 3.10. The molecule has 202 valence electrons. The summed E-state index contributed by atoms with van der Waals surface area (Å²) < 4.78 is 12.5. The maximum atomic E-state index is 13.5. The van der Waals surface area contributed by atoms with Crippen LogP contribution in [0.15, 0.2) is 75.7 Å². The zero-order valence-corrected chi connectivity index (χ0v) is 23.6. The molecular formula is C28H33N7O3Si. The van der Waals surface area contributed by atoms with Gasteiger partial charge in [-0.15, -0.1) is 0 Å². The van der Waals surface area contributed by atoms with Gasteiger partial charge >= 0.3 is 0 Å². The Morgan fingerprint density at radius 2 is 1.90 bits per heavy atom. The molecule has 0 aliphatic rings. The van der Waals surface area contributed by atoms with Gasteiger partial charge < -0.3 is 15.2 Å². The Kier molecular flexibility index (Phi) is 8.50. The molecule has 0 bridgehead atoms. The van der Waals surface area contributed by atoms with Crippen molar-refractivity contribution in [3.05, 3.63) is 76.7 Å².